The van der Waals surface area contributed by atoms with E-state index in [1.807, 2.05) is 23.9 Å². The molecular weight excluding hydrogens is 236 g/mol. The Morgan fingerprint density at radius 1 is 1.39 bits per heavy atom. The summed E-state index contributed by atoms with van der Waals surface area (Å²) in [6, 6.07) is 0.165. The quantitative estimate of drug-likeness (QED) is 0.516. The van der Waals surface area contributed by atoms with Gasteiger partial charge in [-0.15, -0.1) is 0 Å². The monoisotopic (exact) mass is 258 g/mol. The number of hydrogen-bond donors (Lipinski definition) is 3. The molecular formula is C11H22N4O3. The Balaban J connectivity index is 2.43. The fourth-order valence-electron chi connectivity index (χ4n) is 2.14. The van der Waals surface area contributed by atoms with Crippen LogP contribution in [0.15, 0.2) is 0 Å². The van der Waals surface area contributed by atoms with E-state index >= 15 is 0 Å². The molecule has 0 aromatic heterocycles. The third-order valence-electron chi connectivity index (χ3n) is 2.81. The Kier molecular flexibility index (Phi) is 5.52. The van der Waals surface area contributed by atoms with Gasteiger partial charge in [0.15, 0.2) is 0 Å². The number of carbonyl (C=O) groups excluding carboxylic acids is 2. The molecule has 1 aliphatic heterocycles. The SMILES string of the molecule is CC(=O)NNC(=O)CN1CC(O)CC1CN(C)C. The Morgan fingerprint density at radius 3 is 2.61 bits per heavy atom. The van der Waals surface area contributed by atoms with E-state index in [1.165, 1.54) is 6.92 Å². The predicted molar refractivity (Wildman–Crippen MR) is 66.5 cm³/mol. The van der Waals surface area contributed by atoms with Crippen LogP contribution in [-0.4, -0.2) is 72.6 Å². The lowest BCUT2D eigenvalue weighted by molar-refractivity contribution is -0.128. The van der Waals surface area contributed by atoms with E-state index in [1.54, 1.807) is 0 Å². The lowest BCUT2D eigenvalue weighted by Gasteiger charge is -2.25. The molecule has 0 aliphatic carbocycles. The normalized spacial score (nSPS) is 24.3. The van der Waals surface area contributed by atoms with Gasteiger partial charge in [-0.3, -0.25) is 25.3 Å². The molecule has 0 aromatic carbocycles. The van der Waals surface area contributed by atoms with Crippen molar-refractivity contribution in [3.8, 4) is 0 Å². The molecule has 3 N–H and O–H groups in total. The number of rotatable bonds is 4. The average Bonchev–Trinajstić information content (AvgIpc) is 2.55. The maximum Gasteiger partial charge on any atom is 0.252 e. The van der Waals surface area contributed by atoms with E-state index in [9.17, 15) is 14.7 Å². The minimum atomic E-state index is -0.386. The number of β-amino-alcohol motifs (C(OH)–C–C–N with tert-alkyl or cyclic N) is 1. The van der Waals surface area contributed by atoms with Gasteiger partial charge < -0.3 is 10.0 Å². The highest BCUT2D eigenvalue weighted by Gasteiger charge is 2.32. The van der Waals surface area contributed by atoms with Crippen molar-refractivity contribution in [1.29, 1.82) is 0 Å². The van der Waals surface area contributed by atoms with Crippen LogP contribution >= 0.6 is 0 Å². The van der Waals surface area contributed by atoms with Gasteiger partial charge >= 0.3 is 0 Å². The number of aliphatic hydroxyl groups excluding tert-OH is 1. The van der Waals surface area contributed by atoms with Crippen molar-refractivity contribution in [2.24, 2.45) is 0 Å². The molecule has 0 spiro atoms. The van der Waals surface area contributed by atoms with E-state index in [4.69, 9.17) is 0 Å². The van der Waals surface area contributed by atoms with Crippen molar-refractivity contribution in [2.75, 3.05) is 33.7 Å². The van der Waals surface area contributed by atoms with E-state index in [2.05, 4.69) is 10.9 Å². The number of nitrogens with zero attached hydrogens (tertiary/aromatic N) is 2. The average molecular weight is 258 g/mol. The smallest absolute Gasteiger partial charge is 0.252 e. The summed E-state index contributed by atoms with van der Waals surface area (Å²) in [5.74, 6) is -0.585. The Labute approximate surface area is 107 Å². The van der Waals surface area contributed by atoms with E-state index in [0.717, 1.165) is 6.54 Å². The van der Waals surface area contributed by atoms with E-state index in [-0.39, 0.29) is 30.5 Å². The number of aliphatic hydroxyl groups is 1. The number of hydrazine groups is 1. The predicted octanol–water partition coefficient (Wildman–Crippen LogP) is -1.85. The fourth-order valence-corrected chi connectivity index (χ4v) is 2.14. The summed E-state index contributed by atoms with van der Waals surface area (Å²) in [4.78, 5) is 26.2. The molecule has 2 unspecified atom stereocenters. The third-order valence-corrected chi connectivity index (χ3v) is 2.81. The minimum Gasteiger partial charge on any atom is -0.392 e. The van der Waals surface area contributed by atoms with Crippen molar-refractivity contribution in [1.82, 2.24) is 20.7 Å². The van der Waals surface area contributed by atoms with Gasteiger partial charge in [-0.05, 0) is 20.5 Å². The van der Waals surface area contributed by atoms with Gasteiger partial charge in [0.25, 0.3) is 5.91 Å². The molecule has 1 fully saturated rings. The van der Waals surface area contributed by atoms with Gasteiger partial charge in [-0.25, -0.2) is 0 Å². The van der Waals surface area contributed by atoms with Gasteiger partial charge in [0.2, 0.25) is 5.91 Å². The largest absolute Gasteiger partial charge is 0.392 e. The van der Waals surface area contributed by atoms with Crippen LogP contribution in [-0.2, 0) is 9.59 Å². The van der Waals surface area contributed by atoms with Gasteiger partial charge in [0.1, 0.15) is 0 Å². The summed E-state index contributed by atoms with van der Waals surface area (Å²) >= 11 is 0. The second kappa shape index (κ2) is 6.67. The highest BCUT2D eigenvalue weighted by molar-refractivity contribution is 5.82. The molecule has 7 nitrogen and oxygen atoms in total. The molecule has 0 aromatic rings. The molecule has 0 bridgehead atoms. The number of nitrogens with one attached hydrogen (secondary N) is 2. The molecule has 1 saturated heterocycles. The van der Waals surface area contributed by atoms with Gasteiger partial charge in [-0.1, -0.05) is 0 Å². The van der Waals surface area contributed by atoms with Crippen molar-refractivity contribution >= 4 is 11.8 Å². The van der Waals surface area contributed by atoms with Crippen molar-refractivity contribution < 1.29 is 14.7 Å². The molecule has 104 valence electrons. The number of amides is 2. The van der Waals surface area contributed by atoms with E-state index in [0.29, 0.717) is 13.0 Å². The second-order valence-corrected chi connectivity index (χ2v) is 4.96. The Morgan fingerprint density at radius 2 is 2.06 bits per heavy atom. The van der Waals surface area contributed by atoms with Gasteiger partial charge in [0, 0.05) is 26.1 Å². The number of carbonyl (C=O) groups is 2. The lowest BCUT2D eigenvalue weighted by atomic mass is 10.2. The van der Waals surface area contributed by atoms with Crippen LogP contribution in [0.4, 0.5) is 0 Å². The summed E-state index contributed by atoms with van der Waals surface area (Å²) < 4.78 is 0. The first-order valence-electron chi connectivity index (χ1n) is 6.00. The molecule has 18 heavy (non-hydrogen) atoms. The molecule has 2 atom stereocenters. The molecule has 1 aliphatic rings. The van der Waals surface area contributed by atoms with Crippen molar-refractivity contribution in [3.05, 3.63) is 0 Å². The highest BCUT2D eigenvalue weighted by Crippen LogP contribution is 2.17. The van der Waals surface area contributed by atoms with Gasteiger partial charge in [-0.2, -0.15) is 0 Å². The first-order valence-corrected chi connectivity index (χ1v) is 6.00. The number of likely N-dealkylation sites (tertiary alicyclic amines) is 1. The fraction of sp³-hybridized carbons (Fsp3) is 0.818. The standard InChI is InChI=1S/C11H22N4O3/c1-8(16)12-13-11(18)7-15-6-10(17)4-9(15)5-14(2)3/h9-10,17H,4-7H2,1-3H3,(H,12,16)(H,13,18). The van der Waals surface area contributed by atoms with Crippen molar-refractivity contribution in [2.45, 2.75) is 25.5 Å². The summed E-state index contributed by atoms with van der Waals surface area (Å²) in [6.07, 6.45) is 0.287. The van der Waals surface area contributed by atoms with Crippen LogP contribution in [0.25, 0.3) is 0 Å². The molecule has 7 heteroatoms. The van der Waals surface area contributed by atoms with Crippen LogP contribution in [0.3, 0.4) is 0 Å². The Bertz CT molecular complexity index is 309. The van der Waals surface area contributed by atoms with Gasteiger partial charge in [0.05, 0.1) is 12.6 Å². The van der Waals surface area contributed by atoms with Crippen LogP contribution in [0.5, 0.6) is 0 Å². The number of likely N-dealkylation sites (N-methyl/N-ethyl adjacent to an activating group) is 1. The molecule has 0 radical (unpaired) electrons. The minimum absolute atomic E-state index is 0.165. The summed E-state index contributed by atoms with van der Waals surface area (Å²) in [7, 11) is 3.92. The third kappa shape index (κ3) is 4.99. The van der Waals surface area contributed by atoms with Crippen molar-refractivity contribution in [3.63, 3.8) is 0 Å². The molecule has 0 saturated carbocycles. The van der Waals surface area contributed by atoms with Crippen LogP contribution in [0.1, 0.15) is 13.3 Å². The molecule has 1 rings (SSSR count). The first-order chi connectivity index (χ1) is 8.38. The zero-order valence-electron chi connectivity index (χ0n) is 11.1. The second-order valence-electron chi connectivity index (χ2n) is 4.96. The maximum absolute atomic E-state index is 11.6. The Hall–Kier alpha value is -1.18. The maximum atomic E-state index is 11.6. The molecule has 1 heterocycles. The van der Waals surface area contributed by atoms with E-state index < -0.39 is 0 Å². The first kappa shape index (κ1) is 14.9. The van der Waals surface area contributed by atoms with Crippen LogP contribution < -0.4 is 10.9 Å². The summed E-state index contributed by atoms with van der Waals surface area (Å²) in [5.41, 5.74) is 4.57. The zero-order chi connectivity index (χ0) is 13.7. The number of hydrogen-bond acceptors (Lipinski definition) is 5. The lowest BCUT2D eigenvalue weighted by Crippen LogP contribution is -2.48. The highest BCUT2D eigenvalue weighted by atomic mass is 16.3. The molecule has 2 amide bonds. The van der Waals surface area contributed by atoms with Crippen LogP contribution in [0.2, 0.25) is 0 Å². The zero-order valence-corrected chi connectivity index (χ0v) is 11.1. The summed E-state index contributed by atoms with van der Waals surface area (Å²) in [5, 5.41) is 9.65. The summed E-state index contributed by atoms with van der Waals surface area (Å²) in [6.45, 7) is 2.79. The topological polar surface area (TPSA) is 84.9 Å². The van der Waals surface area contributed by atoms with Crippen LogP contribution in [0, 0.1) is 0 Å².